The number of unbranched alkanes of at least 4 members (excludes halogenated alkanes) is 6. The second-order valence-electron chi connectivity index (χ2n) is 7.46. The van der Waals surface area contributed by atoms with Gasteiger partial charge in [-0.15, -0.1) is 34.0 Å². The van der Waals surface area contributed by atoms with Gasteiger partial charge in [0.15, 0.2) is 0 Å². The fourth-order valence-corrected chi connectivity index (χ4v) is 8.08. The molecule has 0 unspecified atom stereocenters. The van der Waals surface area contributed by atoms with Crippen LogP contribution in [-0.2, 0) is 12.8 Å². The van der Waals surface area contributed by atoms with Crippen molar-refractivity contribution in [2.24, 2.45) is 0 Å². The third-order valence-corrected chi connectivity index (χ3v) is 9.77. The lowest BCUT2D eigenvalue weighted by atomic mass is 10.1. The van der Waals surface area contributed by atoms with Crippen LogP contribution in [0, 0.1) is 0 Å². The first-order chi connectivity index (χ1) is 14.1. The molecule has 0 fully saturated rings. The Kier molecular flexibility index (Phi) is 9.90. The van der Waals surface area contributed by atoms with E-state index in [4.69, 9.17) is 4.98 Å². The number of nitrogens with zero attached hydrogens (tertiary/aromatic N) is 1. The van der Waals surface area contributed by atoms with Crippen molar-refractivity contribution in [2.45, 2.75) is 78.1 Å². The first-order valence-corrected chi connectivity index (χ1v) is 14.7. The summed E-state index contributed by atoms with van der Waals surface area (Å²) in [5, 5.41) is 1.17. The maximum absolute atomic E-state index is 4.84. The molecule has 3 aromatic heterocycles. The Hall–Kier alpha value is -0.0100. The molecule has 0 bridgehead atoms. The molecule has 0 saturated carbocycles. The molecular weight excluding hydrogens is 546 g/mol. The molecule has 0 aliphatic heterocycles. The summed E-state index contributed by atoms with van der Waals surface area (Å²) < 4.78 is 2.44. The summed E-state index contributed by atoms with van der Waals surface area (Å²) in [5.41, 5.74) is 2.92. The highest BCUT2D eigenvalue weighted by atomic mass is 79.9. The molecule has 0 spiro atoms. The average molecular weight is 576 g/mol. The molecule has 0 atom stereocenters. The Morgan fingerprint density at radius 3 is 1.86 bits per heavy atom. The predicted molar refractivity (Wildman–Crippen MR) is 140 cm³/mol. The second kappa shape index (κ2) is 12.1. The number of hydrogen-bond acceptors (Lipinski definition) is 4. The fraction of sp³-hybridized carbons (Fsp3) is 0.522. The molecule has 0 N–H and O–H groups in total. The van der Waals surface area contributed by atoms with Crippen LogP contribution in [0.2, 0.25) is 0 Å². The lowest BCUT2D eigenvalue weighted by Gasteiger charge is -2.02. The van der Waals surface area contributed by atoms with Gasteiger partial charge in [0.2, 0.25) is 0 Å². The van der Waals surface area contributed by atoms with Gasteiger partial charge >= 0.3 is 0 Å². The monoisotopic (exact) mass is 573 g/mol. The maximum Gasteiger partial charge on any atom is 0.134 e. The molecule has 0 aliphatic rings. The average Bonchev–Trinajstić information content (AvgIpc) is 3.40. The Balaban J connectivity index is 1.76. The molecule has 3 aromatic rings. The van der Waals surface area contributed by atoms with Gasteiger partial charge in [-0.3, -0.25) is 0 Å². The van der Waals surface area contributed by atoms with E-state index in [9.17, 15) is 0 Å². The Morgan fingerprint density at radius 1 is 0.724 bits per heavy atom. The van der Waals surface area contributed by atoms with Crippen LogP contribution in [-0.4, -0.2) is 4.98 Å². The number of aromatic nitrogens is 1. The minimum Gasteiger partial charge on any atom is -0.243 e. The molecule has 0 saturated heterocycles. The molecule has 0 aromatic carbocycles. The van der Waals surface area contributed by atoms with Crippen molar-refractivity contribution in [2.75, 3.05) is 0 Å². The van der Waals surface area contributed by atoms with E-state index in [1.54, 1.807) is 0 Å². The van der Waals surface area contributed by atoms with Crippen molar-refractivity contribution >= 4 is 65.9 Å². The van der Waals surface area contributed by atoms with Crippen molar-refractivity contribution in [3.63, 3.8) is 0 Å². The van der Waals surface area contributed by atoms with Gasteiger partial charge in [0, 0.05) is 6.20 Å². The van der Waals surface area contributed by atoms with E-state index in [0.717, 1.165) is 12.8 Å². The molecular formula is C23H29Br2NS3. The van der Waals surface area contributed by atoms with Crippen molar-refractivity contribution in [1.82, 2.24) is 4.98 Å². The standard InChI is InChI=1S/C23H29Br2NS3/c1-3-5-7-9-11-16-13-19(24)28-21(16)18-15-26-23(27-18)22-17(14-20(25)29-22)12-10-8-6-4-2/h13-15H,3-12H2,1-2H3. The van der Waals surface area contributed by atoms with Gasteiger partial charge in [-0.05, 0) is 80.8 Å². The smallest absolute Gasteiger partial charge is 0.134 e. The van der Waals surface area contributed by atoms with Crippen molar-refractivity contribution in [1.29, 1.82) is 0 Å². The largest absolute Gasteiger partial charge is 0.243 e. The van der Waals surface area contributed by atoms with E-state index >= 15 is 0 Å². The fourth-order valence-electron chi connectivity index (χ4n) is 3.52. The van der Waals surface area contributed by atoms with E-state index in [0.29, 0.717) is 0 Å². The summed E-state index contributed by atoms with van der Waals surface area (Å²) in [6.45, 7) is 4.54. The van der Waals surface area contributed by atoms with Gasteiger partial charge in [-0.25, -0.2) is 4.98 Å². The van der Waals surface area contributed by atoms with Gasteiger partial charge in [0.1, 0.15) is 5.01 Å². The quantitative estimate of drug-likeness (QED) is 0.196. The van der Waals surface area contributed by atoms with Crippen LogP contribution in [0.3, 0.4) is 0 Å². The van der Waals surface area contributed by atoms with Crippen LogP contribution in [0.25, 0.3) is 19.6 Å². The zero-order valence-electron chi connectivity index (χ0n) is 17.2. The number of thiazole rings is 1. The highest BCUT2D eigenvalue weighted by molar-refractivity contribution is 9.11. The highest BCUT2D eigenvalue weighted by Gasteiger charge is 2.17. The lowest BCUT2D eigenvalue weighted by Crippen LogP contribution is -1.85. The number of halogens is 2. The van der Waals surface area contributed by atoms with Crippen molar-refractivity contribution < 1.29 is 0 Å². The summed E-state index contributed by atoms with van der Waals surface area (Å²) in [6.07, 6.45) is 14.8. The summed E-state index contributed by atoms with van der Waals surface area (Å²) in [7, 11) is 0. The van der Waals surface area contributed by atoms with Crippen LogP contribution in [0.15, 0.2) is 25.9 Å². The summed E-state index contributed by atoms with van der Waals surface area (Å²) in [4.78, 5) is 8.90. The molecule has 29 heavy (non-hydrogen) atoms. The minimum atomic E-state index is 1.15. The second-order valence-corrected chi connectivity index (χ2v) is 13.4. The maximum atomic E-state index is 4.84. The minimum absolute atomic E-state index is 1.15. The number of aryl methyl sites for hydroxylation is 2. The zero-order valence-corrected chi connectivity index (χ0v) is 22.9. The number of thiophene rings is 2. The molecule has 158 valence electrons. The Morgan fingerprint density at radius 2 is 1.28 bits per heavy atom. The van der Waals surface area contributed by atoms with Crippen LogP contribution in [0.1, 0.15) is 76.3 Å². The van der Waals surface area contributed by atoms with E-state index < -0.39 is 0 Å². The molecule has 3 heterocycles. The molecule has 3 rings (SSSR count). The van der Waals surface area contributed by atoms with E-state index in [1.807, 2.05) is 34.0 Å². The van der Waals surface area contributed by atoms with Gasteiger partial charge in [0.25, 0.3) is 0 Å². The van der Waals surface area contributed by atoms with Crippen molar-refractivity contribution in [3.05, 3.63) is 37.0 Å². The SMILES string of the molecule is CCCCCCc1cc(Br)sc1-c1cnc(-c2sc(Br)cc2CCCCCC)s1. The van der Waals surface area contributed by atoms with E-state index in [2.05, 4.69) is 64.0 Å². The molecule has 0 aliphatic carbocycles. The summed E-state index contributed by atoms with van der Waals surface area (Å²) >= 11 is 12.9. The highest BCUT2D eigenvalue weighted by Crippen LogP contribution is 2.44. The van der Waals surface area contributed by atoms with Gasteiger partial charge in [0.05, 0.1) is 22.2 Å². The molecule has 1 nitrogen and oxygen atoms in total. The van der Waals surface area contributed by atoms with Crippen LogP contribution >= 0.6 is 65.9 Å². The number of rotatable bonds is 12. The first kappa shape index (κ1) is 23.6. The van der Waals surface area contributed by atoms with E-state index in [1.165, 1.54) is 89.7 Å². The first-order valence-electron chi connectivity index (χ1n) is 10.6. The normalized spacial score (nSPS) is 11.4. The topological polar surface area (TPSA) is 12.9 Å². The molecule has 0 radical (unpaired) electrons. The summed E-state index contributed by atoms with van der Waals surface area (Å²) in [5.74, 6) is 0. The van der Waals surface area contributed by atoms with E-state index in [-0.39, 0.29) is 0 Å². The third-order valence-electron chi connectivity index (χ3n) is 5.08. The van der Waals surface area contributed by atoms with Crippen LogP contribution in [0.4, 0.5) is 0 Å². The van der Waals surface area contributed by atoms with Gasteiger partial charge < -0.3 is 0 Å². The van der Waals surface area contributed by atoms with Gasteiger partial charge in [-0.1, -0.05) is 52.4 Å². The predicted octanol–water partition coefficient (Wildman–Crippen LogP) is 10.4. The van der Waals surface area contributed by atoms with Gasteiger partial charge in [-0.2, -0.15) is 0 Å². The Bertz CT molecular complexity index is 823. The lowest BCUT2D eigenvalue weighted by molar-refractivity contribution is 0.668. The van der Waals surface area contributed by atoms with Crippen molar-refractivity contribution in [3.8, 4) is 19.6 Å². The van der Waals surface area contributed by atoms with Crippen LogP contribution in [0.5, 0.6) is 0 Å². The summed E-state index contributed by atoms with van der Waals surface area (Å²) in [6, 6.07) is 4.61. The number of hydrogen-bond donors (Lipinski definition) is 0. The third kappa shape index (κ3) is 6.73. The molecule has 0 amide bonds. The zero-order chi connectivity index (χ0) is 20.6. The van der Waals surface area contributed by atoms with Crippen LogP contribution < -0.4 is 0 Å². The Labute approximate surface area is 204 Å². The molecule has 6 heteroatoms.